The number of amides is 1. The summed E-state index contributed by atoms with van der Waals surface area (Å²) in [6, 6.07) is 11.2. The molecule has 4 nitrogen and oxygen atoms in total. The summed E-state index contributed by atoms with van der Waals surface area (Å²) in [4.78, 5) is 24.1. The van der Waals surface area contributed by atoms with Crippen molar-refractivity contribution in [3.05, 3.63) is 58.3 Å². The molecule has 1 amide bonds. The van der Waals surface area contributed by atoms with Gasteiger partial charge in [0.05, 0.1) is 0 Å². The molecule has 0 unspecified atom stereocenters. The first kappa shape index (κ1) is 15.0. The van der Waals surface area contributed by atoms with Crippen LogP contribution in [0.4, 0.5) is 5.69 Å². The van der Waals surface area contributed by atoms with Crippen LogP contribution >= 0.6 is 11.3 Å². The molecule has 0 atom stereocenters. The number of carbonyl (C=O) groups is 2. The fourth-order valence-electron chi connectivity index (χ4n) is 1.64. The number of anilines is 1. The SMILES string of the molecule is Cc1cccc(NC(=O)COC(=O)C=Cc2cccs2)c1. The van der Waals surface area contributed by atoms with E-state index in [4.69, 9.17) is 4.74 Å². The highest BCUT2D eigenvalue weighted by Crippen LogP contribution is 2.10. The van der Waals surface area contributed by atoms with Crippen molar-refractivity contribution in [1.82, 2.24) is 0 Å². The van der Waals surface area contributed by atoms with Gasteiger partial charge in [-0.15, -0.1) is 11.3 Å². The molecule has 1 aromatic heterocycles. The standard InChI is InChI=1S/C16H15NO3S/c1-12-4-2-5-13(10-12)17-15(18)11-20-16(19)8-7-14-6-3-9-21-14/h2-10H,11H2,1H3,(H,17,18). The third-order valence-electron chi connectivity index (χ3n) is 2.57. The van der Waals surface area contributed by atoms with E-state index in [1.807, 2.05) is 42.6 Å². The van der Waals surface area contributed by atoms with Gasteiger partial charge in [-0.2, -0.15) is 0 Å². The summed E-state index contributed by atoms with van der Waals surface area (Å²) in [5.74, 6) is -0.902. The Balaban J connectivity index is 1.77. The highest BCUT2D eigenvalue weighted by Gasteiger charge is 2.05. The molecule has 0 aliphatic carbocycles. The van der Waals surface area contributed by atoms with Crippen LogP contribution in [0.1, 0.15) is 10.4 Å². The zero-order valence-electron chi connectivity index (χ0n) is 11.5. The van der Waals surface area contributed by atoms with Crippen LogP contribution in [-0.2, 0) is 14.3 Å². The van der Waals surface area contributed by atoms with Gasteiger partial charge in [0, 0.05) is 16.6 Å². The lowest BCUT2D eigenvalue weighted by Gasteiger charge is -2.05. The maximum absolute atomic E-state index is 11.7. The van der Waals surface area contributed by atoms with Crippen LogP contribution < -0.4 is 5.32 Å². The molecule has 1 heterocycles. The van der Waals surface area contributed by atoms with Crippen molar-refractivity contribution in [2.45, 2.75) is 6.92 Å². The number of thiophene rings is 1. The van der Waals surface area contributed by atoms with Crippen molar-refractivity contribution < 1.29 is 14.3 Å². The van der Waals surface area contributed by atoms with Gasteiger partial charge in [-0.25, -0.2) is 4.79 Å². The molecule has 5 heteroatoms. The predicted molar refractivity (Wildman–Crippen MR) is 84.1 cm³/mol. The molecule has 0 aliphatic rings. The van der Waals surface area contributed by atoms with E-state index in [-0.39, 0.29) is 12.5 Å². The lowest BCUT2D eigenvalue weighted by atomic mass is 10.2. The van der Waals surface area contributed by atoms with E-state index in [1.54, 1.807) is 12.1 Å². The second-order valence-electron chi connectivity index (χ2n) is 4.37. The van der Waals surface area contributed by atoms with E-state index in [9.17, 15) is 9.59 Å². The summed E-state index contributed by atoms with van der Waals surface area (Å²) in [7, 11) is 0. The Morgan fingerprint density at radius 3 is 2.86 bits per heavy atom. The second-order valence-corrected chi connectivity index (χ2v) is 5.35. The molecule has 108 valence electrons. The van der Waals surface area contributed by atoms with Gasteiger partial charge in [0.2, 0.25) is 0 Å². The molecule has 0 radical (unpaired) electrons. The third kappa shape index (κ3) is 5.24. The van der Waals surface area contributed by atoms with Crippen molar-refractivity contribution in [2.24, 2.45) is 0 Å². The minimum atomic E-state index is -0.539. The van der Waals surface area contributed by atoms with Gasteiger partial charge in [0.15, 0.2) is 6.61 Å². The lowest BCUT2D eigenvalue weighted by Crippen LogP contribution is -2.20. The summed E-state index contributed by atoms with van der Waals surface area (Å²) in [5.41, 5.74) is 1.73. The monoisotopic (exact) mass is 301 g/mol. The predicted octanol–water partition coefficient (Wildman–Crippen LogP) is 3.25. The van der Waals surface area contributed by atoms with Crippen LogP contribution in [0.2, 0.25) is 0 Å². The van der Waals surface area contributed by atoms with E-state index < -0.39 is 5.97 Å². The number of hydrogen-bond acceptors (Lipinski definition) is 4. The van der Waals surface area contributed by atoms with Crippen LogP contribution in [0, 0.1) is 6.92 Å². The topological polar surface area (TPSA) is 55.4 Å². The number of esters is 1. The minimum Gasteiger partial charge on any atom is -0.452 e. The molecule has 0 aliphatic heterocycles. The molecule has 0 spiro atoms. The number of nitrogens with one attached hydrogen (secondary N) is 1. The molecule has 2 rings (SSSR count). The van der Waals surface area contributed by atoms with Gasteiger partial charge >= 0.3 is 5.97 Å². The largest absolute Gasteiger partial charge is 0.452 e. The van der Waals surface area contributed by atoms with E-state index in [2.05, 4.69) is 5.32 Å². The average Bonchev–Trinajstić information content (AvgIpc) is 2.96. The van der Waals surface area contributed by atoms with Gasteiger partial charge in [-0.1, -0.05) is 18.2 Å². The first-order valence-corrected chi connectivity index (χ1v) is 7.26. The number of ether oxygens (including phenoxy) is 1. The molecule has 21 heavy (non-hydrogen) atoms. The molecular formula is C16H15NO3S. The summed E-state index contributed by atoms with van der Waals surface area (Å²) < 4.78 is 4.87. The van der Waals surface area contributed by atoms with Gasteiger partial charge in [-0.3, -0.25) is 4.79 Å². The van der Waals surface area contributed by atoms with Crippen molar-refractivity contribution in [1.29, 1.82) is 0 Å². The normalized spacial score (nSPS) is 10.5. The summed E-state index contributed by atoms with van der Waals surface area (Å²) in [6.07, 6.45) is 2.97. The lowest BCUT2D eigenvalue weighted by molar-refractivity contribution is -0.142. The Morgan fingerprint density at radius 2 is 2.14 bits per heavy atom. The average molecular weight is 301 g/mol. The minimum absolute atomic E-state index is 0.304. The first-order valence-electron chi connectivity index (χ1n) is 6.38. The van der Waals surface area contributed by atoms with Crippen molar-refractivity contribution in [2.75, 3.05) is 11.9 Å². The fraction of sp³-hybridized carbons (Fsp3) is 0.125. The number of benzene rings is 1. The Hall–Kier alpha value is -2.40. The molecule has 0 bridgehead atoms. The quantitative estimate of drug-likeness (QED) is 0.681. The Labute approximate surface area is 127 Å². The van der Waals surface area contributed by atoms with Gasteiger partial charge in [-0.05, 0) is 42.1 Å². The van der Waals surface area contributed by atoms with Gasteiger partial charge in [0.1, 0.15) is 0 Å². The van der Waals surface area contributed by atoms with Gasteiger partial charge in [0.25, 0.3) is 5.91 Å². The highest BCUT2D eigenvalue weighted by molar-refractivity contribution is 7.10. The van der Waals surface area contributed by atoms with Crippen molar-refractivity contribution >= 4 is 35.0 Å². The third-order valence-corrected chi connectivity index (χ3v) is 3.41. The van der Waals surface area contributed by atoms with Crippen LogP contribution in [-0.4, -0.2) is 18.5 Å². The highest BCUT2D eigenvalue weighted by atomic mass is 32.1. The number of hydrogen-bond donors (Lipinski definition) is 1. The zero-order valence-corrected chi connectivity index (χ0v) is 12.4. The summed E-state index contributed by atoms with van der Waals surface area (Å²) >= 11 is 1.52. The summed E-state index contributed by atoms with van der Waals surface area (Å²) in [5, 5.41) is 4.59. The zero-order chi connectivity index (χ0) is 15.1. The molecule has 0 saturated heterocycles. The van der Waals surface area contributed by atoms with Crippen molar-refractivity contribution in [3.8, 4) is 0 Å². The maximum atomic E-state index is 11.7. The van der Waals surface area contributed by atoms with E-state index >= 15 is 0 Å². The Morgan fingerprint density at radius 1 is 1.29 bits per heavy atom. The molecule has 1 N–H and O–H groups in total. The smallest absolute Gasteiger partial charge is 0.331 e. The Bertz CT molecular complexity index is 647. The van der Waals surface area contributed by atoms with Crippen LogP contribution in [0.25, 0.3) is 6.08 Å². The Kier molecular flexibility index (Phi) is 5.29. The molecule has 1 aromatic carbocycles. The molecule has 2 aromatic rings. The molecule has 0 fully saturated rings. The van der Waals surface area contributed by atoms with E-state index in [0.717, 1.165) is 10.4 Å². The summed E-state index contributed by atoms with van der Waals surface area (Å²) in [6.45, 7) is 1.63. The number of aryl methyl sites for hydroxylation is 1. The van der Waals surface area contributed by atoms with Crippen LogP contribution in [0.5, 0.6) is 0 Å². The van der Waals surface area contributed by atoms with E-state index in [1.165, 1.54) is 17.4 Å². The number of rotatable bonds is 5. The molecular weight excluding hydrogens is 286 g/mol. The second kappa shape index (κ2) is 7.40. The fourth-order valence-corrected chi connectivity index (χ4v) is 2.26. The van der Waals surface area contributed by atoms with Crippen LogP contribution in [0.3, 0.4) is 0 Å². The van der Waals surface area contributed by atoms with E-state index in [0.29, 0.717) is 5.69 Å². The van der Waals surface area contributed by atoms with Crippen molar-refractivity contribution in [3.63, 3.8) is 0 Å². The number of carbonyl (C=O) groups excluding carboxylic acids is 2. The van der Waals surface area contributed by atoms with Crippen LogP contribution in [0.15, 0.2) is 47.9 Å². The molecule has 0 saturated carbocycles. The maximum Gasteiger partial charge on any atom is 0.331 e. The first-order chi connectivity index (χ1) is 10.1. The van der Waals surface area contributed by atoms with Gasteiger partial charge < -0.3 is 10.1 Å².